The molecule has 0 aromatic heterocycles. The normalized spacial score (nSPS) is 11.3. The third-order valence-electron chi connectivity index (χ3n) is 3.24. The average molecular weight is 310 g/mol. The molecule has 2 N–H and O–H groups in total. The second kappa shape index (κ2) is 7.97. The van der Waals surface area contributed by atoms with Crippen LogP contribution in [-0.4, -0.2) is 23.7 Å². The number of aliphatic hydroxyl groups excluding tert-OH is 1. The zero-order valence-electron chi connectivity index (χ0n) is 12.8. The van der Waals surface area contributed by atoms with Crippen LogP contribution < -0.4 is 10.1 Å². The highest BCUT2D eigenvalue weighted by atomic mass is 16.5. The molecule has 1 atom stereocenters. The molecule has 0 aliphatic rings. The molecule has 23 heavy (non-hydrogen) atoms. The van der Waals surface area contributed by atoms with Crippen LogP contribution in [-0.2, 0) is 6.61 Å². The molecular weight excluding hydrogens is 292 g/mol. The van der Waals surface area contributed by atoms with E-state index in [4.69, 9.17) is 15.1 Å². The molecule has 0 aliphatic carbocycles. The Kier molecular flexibility index (Phi) is 5.73. The Bertz CT molecular complexity index is 722. The summed E-state index contributed by atoms with van der Waals surface area (Å²) in [5.74, 6) is 0.268. The number of nitrogens with zero attached hydrogens (tertiary/aromatic N) is 1. The summed E-state index contributed by atoms with van der Waals surface area (Å²) in [4.78, 5) is 12.0. The predicted molar refractivity (Wildman–Crippen MR) is 85.9 cm³/mol. The molecule has 5 heteroatoms. The van der Waals surface area contributed by atoms with E-state index in [2.05, 4.69) is 11.4 Å². The van der Waals surface area contributed by atoms with E-state index < -0.39 is 0 Å². The molecule has 0 aliphatic heterocycles. The number of ether oxygens (including phenoxy) is 1. The van der Waals surface area contributed by atoms with Gasteiger partial charge in [-0.2, -0.15) is 5.26 Å². The van der Waals surface area contributed by atoms with E-state index in [1.807, 2.05) is 6.07 Å². The number of aliphatic hydroxyl groups is 1. The predicted octanol–water partition coefficient (Wildman–Crippen LogP) is 2.25. The van der Waals surface area contributed by atoms with Gasteiger partial charge < -0.3 is 15.2 Å². The van der Waals surface area contributed by atoms with Gasteiger partial charge in [-0.25, -0.2) is 0 Å². The lowest BCUT2D eigenvalue weighted by molar-refractivity contribution is 0.0922. The van der Waals surface area contributed by atoms with Crippen LogP contribution in [0.4, 0.5) is 0 Å². The number of carbonyl (C=O) groups is 1. The van der Waals surface area contributed by atoms with E-state index in [0.29, 0.717) is 16.9 Å². The van der Waals surface area contributed by atoms with Crippen LogP contribution in [0.1, 0.15) is 28.4 Å². The van der Waals surface area contributed by atoms with Crippen molar-refractivity contribution in [3.63, 3.8) is 0 Å². The van der Waals surface area contributed by atoms with Crippen molar-refractivity contribution in [2.75, 3.05) is 6.61 Å². The van der Waals surface area contributed by atoms with E-state index in [-0.39, 0.29) is 25.2 Å². The van der Waals surface area contributed by atoms with Gasteiger partial charge in [0.25, 0.3) is 5.91 Å². The molecule has 0 heterocycles. The van der Waals surface area contributed by atoms with E-state index >= 15 is 0 Å². The molecule has 0 bridgehead atoms. The zero-order chi connectivity index (χ0) is 16.7. The van der Waals surface area contributed by atoms with Gasteiger partial charge in [0.15, 0.2) is 0 Å². The highest BCUT2D eigenvalue weighted by molar-refractivity contribution is 5.94. The Morgan fingerprint density at radius 1 is 1.30 bits per heavy atom. The van der Waals surface area contributed by atoms with Gasteiger partial charge in [-0.1, -0.05) is 24.3 Å². The van der Waals surface area contributed by atoms with E-state index in [9.17, 15) is 4.79 Å². The molecule has 0 saturated heterocycles. The second-order valence-corrected chi connectivity index (χ2v) is 5.15. The summed E-state index contributed by atoms with van der Waals surface area (Å²) in [6.45, 7) is 1.87. The van der Waals surface area contributed by atoms with Gasteiger partial charge in [0, 0.05) is 11.6 Å². The van der Waals surface area contributed by atoms with Crippen LogP contribution in [0.5, 0.6) is 5.75 Å². The average Bonchev–Trinajstić information content (AvgIpc) is 2.60. The smallest absolute Gasteiger partial charge is 0.251 e. The van der Waals surface area contributed by atoms with Gasteiger partial charge in [0.2, 0.25) is 0 Å². The number of amides is 1. The highest BCUT2D eigenvalue weighted by Crippen LogP contribution is 2.18. The summed E-state index contributed by atoms with van der Waals surface area (Å²) in [6, 6.07) is 15.8. The number of hydrogen-bond acceptors (Lipinski definition) is 4. The lowest BCUT2D eigenvalue weighted by Gasteiger charge is -2.12. The fourth-order valence-electron chi connectivity index (χ4n) is 2.00. The van der Waals surface area contributed by atoms with Crippen molar-refractivity contribution in [3.05, 3.63) is 65.2 Å². The van der Waals surface area contributed by atoms with Crippen LogP contribution in [0.15, 0.2) is 48.5 Å². The first kappa shape index (κ1) is 16.5. The van der Waals surface area contributed by atoms with Crippen molar-refractivity contribution in [2.24, 2.45) is 0 Å². The van der Waals surface area contributed by atoms with Crippen molar-refractivity contribution >= 4 is 5.91 Å². The number of nitrogens with one attached hydrogen (secondary N) is 1. The highest BCUT2D eigenvalue weighted by Gasteiger charge is 2.10. The molecule has 0 fully saturated rings. The van der Waals surface area contributed by atoms with E-state index in [1.54, 1.807) is 49.4 Å². The first-order chi connectivity index (χ1) is 11.1. The Hall–Kier alpha value is -2.84. The number of nitriles is 1. The van der Waals surface area contributed by atoms with E-state index in [0.717, 1.165) is 5.56 Å². The second-order valence-electron chi connectivity index (χ2n) is 5.15. The Balaban J connectivity index is 2.06. The molecule has 2 rings (SSSR count). The minimum atomic E-state index is -0.301. The zero-order valence-corrected chi connectivity index (χ0v) is 12.8. The first-order valence-corrected chi connectivity index (χ1v) is 7.26. The maximum absolute atomic E-state index is 12.0. The van der Waals surface area contributed by atoms with Crippen LogP contribution in [0.25, 0.3) is 0 Å². The quantitative estimate of drug-likeness (QED) is 0.857. The van der Waals surface area contributed by atoms with Crippen molar-refractivity contribution < 1.29 is 14.6 Å². The Labute approximate surface area is 135 Å². The fourth-order valence-corrected chi connectivity index (χ4v) is 2.00. The molecule has 1 amide bonds. The lowest BCUT2D eigenvalue weighted by atomic mass is 10.1. The number of carbonyl (C=O) groups excluding carboxylic acids is 1. The summed E-state index contributed by atoms with van der Waals surface area (Å²) >= 11 is 0. The maximum atomic E-state index is 12.0. The summed E-state index contributed by atoms with van der Waals surface area (Å²) in [5, 5.41) is 20.7. The van der Waals surface area contributed by atoms with Gasteiger partial charge in [0.05, 0.1) is 12.2 Å². The SMILES string of the molecule is CC(CO)NC(=O)c1cccc(COc2ccccc2C#N)c1. The molecule has 5 nitrogen and oxygen atoms in total. The number of hydrogen-bond donors (Lipinski definition) is 2. The number of rotatable bonds is 6. The summed E-state index contributed by atoms with van der Waals surface area (Å²) < 4.78 is 5.66. The van der Waals surface area contributed by atoms with Crippen LogP contribution in [0.2, 0.25) is 0 Å². The van der Waals surface area contributed by atoms with Gasteiger partial charge >= 0.3 is 0 Å². The molecule has 2 aromatic carbocycles. The monoisotopic (exact) mass is 310 g/mol. The largest absolute Gasteiger partial charge is 0.488 e. The molecule has 118 valence electrons. The summed E-state index contributed by atoms with van der Waals surface area (Å²) in [6.07, 6.45) is 0. The third-order valence-corrected chi connectivity index (χ3v) is 3.24. The van der Waals surface area contributed by atoms with Gasteiger partial charge in [0.1, 0.15) is 18.4 Å². The summed E-state index contributed by atoms with van der Waals surface area (Å²) in [5.41, 5.74) is 1.79. The van der Waals surface area contributed by atoms with Crippen molar-refractivity contribution in [3.8, 4) is 11.8 Å². The van der Waals surface area contributed by atoms with Crippen molar-refractivity contribution in [1.82, 2.24) is 5.32 Å². The first-order valence-electron chi connectivity index (χ1n) is 7.26. The number of benzene rings is 2. The summed E-state index contributed by atoms with van der Waals surface area (Å²) in [7, 11) is 0. The van der Waals surface area contributed by atoms with E-state index in [1.165, 1.54) is 0 Å². The van der Waals surface area contributed by atoms with Gasteiger partial charge in [-0.05, 0) is 36.8 Å². The fraction of sp³-hybridized carbons (Fsp3) is 0.222. The maximum Gasteiger partial charge on any atom is 0.251 e. The standard InChI is InChI=1S/C18H18N2O3/c1-13(11-21)20-18(22)15-7-4-5-14(9-15)12-23-17-8-3-2-6-16(17)10-19/h2-9,13,21H,11-12H2,1H3,(H,20,22). The number of para-hydroxylation sites is 1. The molecule has 0 spiro atoms. The Morgan fingerprint density at radius 2 is 2.09 bits per heavy atom. The molecule has 2 aromatic rings. The van der Waals surface area contributed by atoms with Gasteiger partial charge in [-0.3, -0.25) is 4.79 Å². The molecule has 0 radical (unpaired) electrons. The van der Waals surface area contributed by atoms with Crippen LogP contribution >= 0.6 is 0 Å². The Morgan fingerprint density at radius 3 is 2.83 bits per heavy atom. The topological polar surface area (TPSA) is 82.3 Å². The van der Waals surface area contributed by atoms with Gasteiger partial charge in [-0.15, -0.1) is 0 Å². The van der Waals surface area contributed by atoms with Crippen molar-refractivity contribution in [2.45, 2.75) is 19.6 Å². The molecular formula is C18H18N2O3. The molecule has 1 unspecified atom stereocenters. The van der Waals surface area contributed by atoms with Crippen molar-refractivity contribution in [1.29, 1.82) is 5.26 Å². The van der Waals surface area contributed by atoms with Crippen LogP contribution in [0, 0.1) is 11.3 Å². The minimum Gasteiger partial charge on any atom is -0.488 e. The minimum absolute atomic E-state index is 0.112. The molecule has 0 saturated carbocycles. The van der Waals surface area contributed by atoms with Crippen LogP contribution in [0.3, 0.4) is 0 Å². The lowest BCUT2D eigenvalue weighted by Crippen LogP contribution is -2.35. The third kappa shape index (κ3) is 4.56.